The van der Waals surface area contributed by atoms with Crippen LogP contribution in [0.4, 0.5) is 68.2 Å². The van der Waals surface area contributed by atoms with E-state index in [4.69, 9.17) is 0 Å². The molecule has 6 aromatic rings. The summed E-state index contributed by atoms with van der Waals surface area (Å²) in [6.07, 6.45) is 0. The highest BCUT2D eigenvalue weighted by Gasteiger charge is 2.26. The zero-order valence-corrected chi connectivity index (χ0v) is 28.1. The van der Waals surface area contributed by atoms with Crippen molar-refractivity contribution in [1.82, 2.24) is 0 Å². The first-order valence-corrected chi connectivity index (χ1v) is 16.6. The minimum absolute atomic E-state index is 0. The van der Waals surface area contributed by atoms with Crippen molar-refractivity contribution in [2.24, 2.45) is 0 Å². The number of rotatable bonds is 4. The Bertz CT molecular complexity index is 1860. The van der Waals surface area contributed by atoms with Gasteiger partial charge < -0.3 is 25.8 Å². The maximum atomic E-state index is 3.71. The van der Waals surface area contributed by atoms with E-state index in [2.05, 4.69) is 173 Å². The first kappa shape index (κ1) is 31.3. The highest BCUT2D eigenvalue weighted by atomic mass is 15.2. The van der Waals surface area contributed by atoms with E-state index >= 15 is 0 Å². The summed E-state index contributed by atoms with van der Waals surface area (Å²) in [6.45, 7) is 12.3. The van der Waals surface area contributed by atoms with Crippen molar-refractivity contribution in [2.75, 3.05) is 25.8 Å². The van der Waals surface area contributed by atoms with Crippen molar-refractivity contribution in [1.29, 1.82) is 0 Å². The second-order valence-corrected chi connectivity index (χ2v) is 11.2. The van der Waals surface area contributed by atoms with Gasteiger partial charge in [-0.15, -0.1) is 0 Å². The summed E-state index contributed by atoms with van der Waals surface area (Å²) < 4.78 is 0. The van der Waals surface area contributed by atoms with Crippen LogP contribution >= 0.6 is 0 Å². The summed E-state index contributed by atoms with van der Waals surface area (Å²) in [7, 11) is 0. The average molecular weight is 624 g/mol. The molecule has 2 heterocycles. The van der Waals surface area contributed by atoms with E-state index in [-0.39, 0.29) is 4.28 Å². The number of aryl methyl sites for hydroxylation is 2. The van der Waals surface area contributed by atoms with Crippen LogP contribution in [0.15, 0.2) is 133 Å². The summed E-state index contributed by atoms with van der Waals surface area (Å²) in [5.74, 6) is 0. The van der Waals surface area contributed by atoms with Gasteiger partial charge in [-0.1, -0.05) is 76.2 Å². The molecule has 2 aliphatic heterocycles. The fourth-order valence-corrected chi connectivity index (χ4v) is 6.09. The second-order valence-electron chi connectivity index (χ2n) is 11.2. The van der Waals surface area contributed by atoms with E-state index < -0.39 is 0 Å². The highest BCUT2D eigenvalue weighted by molar-refractivity contribution is 6.00. The molecule has 0 spiro atoms. The van der Waals surface area contributed by atoms with Gasteiger partial charge >= 0.3 is 0 Å². The SMILES string of the molecule is CC.CC.Cc1ccc2c(c1)N(c1ccccc1)c1cc(Nc3ccc4c(c3)N(c3ccccc3)c3cc(C)ccc3N4)ccc1N2.[HH].[HH].[HH]. The lowest BCUT2D eigenvalue weighted by atomic mass is 10.0. The number of benzene rings is 6. The Labute approximate surface area is 284 Å². The number of hydrogen-bond acceptors (Lipinski definition) is 5. The van der Waals surface area contributed by atoms with Gasteiger partial charge in [-0.3, -0.25) is 0 Å². The third kappa shape index (κ3) is 6.12. The molecule has 0 unspecified atom stereocenters. The number of fused-ring (bicyclic) bond motifs is 4. The Balaban J connectivity index is 0.000000934. The molecular formula is C42H49N5. The van der Waals surface area contributed by atoms with Crippen LogP contribution in [-0.4, -0.2) is 0 Å². The van der Waals surface area contributed by atoms with Crippen LogP contribution < -0.4 is 25.8 Å². The van der Waals surface area contributed by atoms with E-state index in [1.165, 1.54) is 11.1 Å². The van der Waals surface area contributed by atoms with Crippen LogP contribution in [0.1, 0.15) is 43.1 Å². The maximum Gasteiger partial charge on any atom is 0.0718 e. The Morgan fingerprint density at radius 3 is 1.15 bits per heavy atom. The predicted molar refractivity (Wildman–Crippen MR) is 211 cm³/mol. The third-order valence-electron chi connectivity index (χ3n) is 8.12. The van der Waals surface area contributed by atoms with Crippen LogP contribution in [0.3, 0.4) is 0 Å². The molecule has 47 heavy (non-hydrogen) atoms. The summed E-state index contributed by atoms with van der Waals surface area (Å²) >= 11 is 0. The summed E-state index contributed by atoms with van der Waals surface area (Å²) in [6, 6.07) is 47.3. The van der Waals surface area contributed by atoms with E-state index in [0.29, 0.717) is 0 Å². The Morgan fingerprint density at radius 2 is 0.766 bits per heavy atom. The van der Waals surface area contributed by atoms with Crippen LogP contribution in [0.25, 0.3) is 0 Å². The van der Waals surface area contributed by atoms with Gasteiger partial charge in [-0.2, -0.15) is 0 Å². The van der Waals surface area contributed by atoms with Crippen LogP contribution in [0.5, 0.6) is 0 Å². The molecule has 0 saturated carbocycles. The van der Waals surface area contributed by atoms with Crippen molar-refractivity contribution in [3.8, 4) is 0 Å². The lowest BCUT2D eigenvalue weighted by molar-refractivity contribution is 1.24. The van der Waals surface area contributed by atoms with Crippen molar-refractivity contribution in [2.45, 2.75) is 41.5 Å². The molecule has 0 saturated heterocycles. The second kappa shape index (κ2) is 13.8. The van der Waals surface area contributed by atoms with Gasteiger partial charge in [0.05, 0.1) is 45.5 Å². The van der Waals surface area contributed by atoms with Crippen LogP contribution in [-0.2, 0) is 0 Å². The summed E-state index contributed by atoms with van der Waals surface area (Å²) in [5.41, 5.74) is 15.6. The fraction of sp³-hybridized carbons (Fsp3) is 0.143. The first-order chi connectivity index (χ1) is 23.1. The van der Waals surface area contributed by atoms with E-state index in [1.807, 2.05) is 27.7 Å². The molecule has 5 heteroatoms. The number of nitrogens with one attached hydrogen (secondary N) is 3. The molecule has 8 rings (SSSR count). The quantitative estimate of drug-likeness (QED) is 0.182. The third-order valence-corrected chi connectivity index (χ3v) is 8.12. The summed E-state index contributed by atoms with van der Waals surface area (Å²) in [5, 5.41) is 11.0. The highest BCUT2D eigenvalue weighted by Crippen LogP contribution is 2.51. The fourth-order valence-electron chi connectivity index (χ4n) is 6.09. The Hall–Kier alpha value is -5.68. The van der Waals surface area contributed by atoms with Gasteiger partial charge in [0.2, 0.25) is 0 Å². The molecular weight excluding hydrogens is 574 g/mol. The topological polar surface area (TPSA) is 42.6 Å². The van der Waals surface area contributed by atoms with E-state index in [1.54, 1.807) is 0 Å². The van der Waals surface area contributed by atoms with Gasteiger partial charge in [0.1, 0.15) is 0 Å². The molecule has 0 aliphatic carbocycles. The van der Waals surface area contributed by atoms with Gasteiger partial charge in [0, 0.05) is 27.0 Å². The average Bonchev–Trinajstić information content (AvgIpc) is 3.12. The lowest BCUT2D eigenvalue weighted by Crippen LogP contribution is -2.18. The first-order valence-electron chi connectivity index (χ1n) is 16.6. The van der Waals surface area contributed by atoms with E-state index in [0.717, 1.165) is 68.2 Å². The normalized spacial score (nSPS) is 11.9. The van der Waals surface area contributed by atoms with Crippen molar-refractivity contribution < 1.29 is 4.28 Å². The molecule has 0 aromatic heterocycles. The predicted octanol–water partition coefficient (Wildman–Crippen LogP) is 13.9. The van der Waals surface area contributed by atoms with Crippen LogP contribution in [0.2, 0.25) is 0 Å². The van der Waals surface area contributed by atoms with Crippen molar-refractivity contribution in [3.05, 3.63) is 145 Å². The zero-order valence-electron chi connectivity index (χ0n) is 28.1. The van der Waals surface area contributed by atoms with Crippen molar-refractivity contribution in [3.63, 3.8) is 0 Å². The van der Waals surface area contributed by atoms with Gasteiger partial charge in [0.15, 0.2) is 0 Å². The number of hydrogen-bond donors (Lipinski definition) is 3. The van der Waals surface area contributed by atoms with Gasteiger partial charge in [-0.05, 0) is 110 Å². The molecule has 242 valence electrons. The Kier molecular flexibility index (Phi) is 9.16. The summed E-state index contributed by atoms with van der Waals surface area (Å²) in [4.78, 5) is 4.68. The molecule has 3 N–H and O–H groups in total. The Morgan fingerprint density at radius 1 is 0.426 bits per heavy atom. The smallest absolute Gasteiger partial charge is 0.0718 e. The van der Waals surface area contributed by atoms with Crippen LogP contribution in [0, 0.1) is 13.8 Å². The minimum atomic E-state index is 0. The number of nitrogens with zero attached hydrogens (tertiary/aromatic N) is 2. The standard InChI is InChI=1S/C38H31N5.2C2H6.3H2/c1-25-13-17-31-35(21-25)42(29-9-5-3-6-10-29)37-23-27(15-19-33(37)40-31)39-28-16-20-34-38(24-28)43(30-11-7-4-8-12-30)36-22-26(2)14-18-32(36)41-34;2*1-2;;;/h3-24,39-41H,1-2H3;2*1-2H3;3*1H. The molecule has 0 atom stereocenters. The van der Waals surface area contributed by atoms with Gasteiger partial charge in [-0.25, -0.2) is 0 Å². The minimum Gasteiger partial charge on any atom is -0.355 e. The zero-order chi connectivity index (χ0) is 32.9. The molecule has 6 aromatic carbocycles. The largest absolute Gasteiger partial charge is 0.355 e. The molecule has 2 aliphatic rings. The molecule has 5 nitrogen and oxygen atoms in total. The monoisotopic (exact) mass is 623 g/mol. The molecule has 0 amide bonds. The maximum absolute atomic E-state index is 3.71. The molecule has 0 bridgehead atoms. The number of para-hydroxylation sites is 2. The lowest BCUT2D eigenvalue weighted by Gasteiger charge is -2.35. The van der Waals surface area contributed by atoms with E-state index in [9.17, 15) is 0 Å². The molecule has 0 radical (unpaired) electrons. The van der Waals surface area contributed by atoms with Gasteiger partial charge in [0.25, 0.3) is 0 Å². The van der Waals surface area contributed by atoms with Crippen molar-refractivity contribution >= 4 is 68.2 Å². The molecule has 0 fully saturated rings. The number of anilines is 12.